The van der Waals surface area contributed by atoms with E-state index in [0.717, 1.165) is 30.8 Å². The number of nitrogens with zero attached hydrogens (tertiary/aromatic N) is 2. The standard InChI is InChI=1S/C13H19BrN2O/c1-2-17-10-11-4-3-5-16(9-11)13-6-12(14)7-15-8-13/h6-8,11H,2-5,9-10H2,1H3/t11-/m0/s1. The van der Waals surface area contributed by atoms with Gasteiger partial charge in [-0.25, -0.2) is 0 Å². The minimum atomic E-state index is 0.655. The molecule has 0 saturated carbocycles. The Bertz CT molecular complexity index is 359. The number of piperidine rings is 1. The van der Waals surface area contributed by atoms with Crippen molar-refractivity contribution in [2.75, 3.05) is 31.2 Å². The number of hydrogen-bond acceptors (Lipinski definition) is 3. The molecule has 1 fully saturated rings. The molecule has 0 aliphatic carbocycles. The number of ether oxygens (including phenoxy) is 1. The minimum Gasteiger partial charge on any atom is -0.381 e. The van der Waals surface area contributed by atoms with Gasteiger partial charge in [0.2, 0.25) is 0 Å². The van der Waals surface area contributed by atoms with Gasteiger partial charge in [-0.1, -0.05) is 0 Å². The molecular weight excluding hydrogens is 280 g/mol. The summed E-state index contributed by atoms with van der Waals surface area (Å²) in [5.41, 5.74) is 1.21. The number of anilines is 1. The highest BCUT2D eigenvalue weighted by molar-refractivity contribution is 9.10. The summed E-state index contributed by atoms with van der Waals surface area (Å²) in [6.45, 7) is 5.96. The number of aromatic nitrogens is 1. The van der Waals surface area contributed by atoms with E-state index in [1.165, 1.54) is 18.5 Å². The van der Waals surface area contributed by atoms with Crippen molar-refractivity contribution in [2.45, 2.75) is 19.8 Å². The van der Waals surface area contributed by atoms with Gasteiger partial charge in [0.1, 0.15) is 0 Å². The van der Waals surface area contributed by atoms with E-state index in [-0.39, 0.29) is 0 Å². The first-order valence-electron chi connectivity index (χ1n) is 6.23. The molecule has 1 saturated heterocycles. The third-order valence-electron chi connectivity index (χ3n) is 3.13. The summed E-state index contributed by atoms with van der Waals surface area (Å²) < 4.78 is 6.57. The fourth-order valence-corrected chi connectivity index (χ4v) is 2.65. The highest BCUT2D eigenvalue weighted by Gasteiger charge is 2.20. The molecule has 1 aliphatic heterocycles. The molecule has 0 N–H and O–H groups in total. The second kappa shape index (κ2) is 6.36. The van der Waals surface area contributed by atoms with E-state index < -0.39 is 0 Å². The average Bonchev–Trinajstić information content (AvgIpc) is 2.37. The summed E-state index contributed by atoms with van der Waals surface area (Å²) in [6.07, 6.45) is 6.28. The fourth-order valence-electron chi connectivity index (χ4n) is 2.29. The Labute approximate surface area is 111 Å². The lowest BCUT2D eigenvalue weighted by Crippen LogP contribution is -2.37. The maximum Gasteiger partial charge on any atom is 0.0564 e. The van der Waals surface area contributed by atoms with Crippen molar-refractivity contribution in [1.29, 1.82) is 0 Å². The molecule has 4 heteroatoms. The summed E-state index contributed by atoms with van der Waals surface area (Å²) in [7, 11) is 0. The van der Waals surface area contributed by atoms with Crippen molar-refractivity contribution in [1.82, 2.24) is 4.98 Å². The van der Waals surface area contributed by atoms with Crippen LogP contribution in [0.4, 0.5) is 5.69 Å². The zero-order chi connectivity index (χ0) is 12.1. The van der Waals surface area contributed by atoms with E-state index in [1.54, 1.807) is 0 Å². The second-order valence-corrected chi connectivity index (χ2v) is 5.39. The van der Waals surface area contributed by atoms with Crippen LogP contribution in [0.2, 0.25) is 0 Å². The Morgan fingerprint density at radius 2 is 2.41 bits per heavy atom. The van der Waals surface area contributed by atoms with Gasteiger partial charge in [0, 0.05) is 30.4 Å². The predicted molar refractivity (Wildman–Crippen MR) is 73.4 cm³/mol. The molecule has 0 radical (unpaired) electrons. The van der Waals surface area contributed by atoms with E-state index in [1.807, 2.05) is 12.4 Å². The van der Waals surface area contributed by atoms with Crippen LogP contribution in [0.15, 0.2) is 22.9 Å². The van der Waals surface area contributed by atoms with Gasteiger partial charge in [-0.05, 0) is 47.7 Å². The summed E-state index contributed by atoms with van der Waals surface area (Å²) in [5.74, 6) is 0.655. The lowest BCUT2D eigenvalue weighted by molar-refractivity contribution is 0.104. The summed E-state index contributed by atoms with van der Waals surface area (Å²) >= 11 is 3.47. The van der Waals surface area contributed by atoms with Gasteiger partial charge in [-0.2, -0.15) is 0 Å². The lowest BCUT2D eigenvalue weighted by Gasteiger charge is -2.34. The maximum atomic E-state index is 5.53. The second-order valence-electron chi connectivity index (χ2n) is 4.48. The average molecular weight is 299 g/mol. The summed E-state index contributed by atoms with van der Waals surface area (Å²) in [4.78, 5) is 6.63. The van der Waals surface area contributed by atoms with Gasteiger partial charge in [-0.3, -0.25) is 4.98 Å². The highest BCUT2D eigenvalue weighted by Crippen LogP contribution is 2.24. The Morgan fingerprint density at radius 1 is 1.53 bits per heavy atom. The van der Waals surface area contributed by atoms with E-state index in [0.29, 0.717) is 5.92 Å². The van der Waals surface area contributed by atoms with E-state index in [9.17, 15) is 0 Å². The lowest BCUT2D eigenvalue weighted by atomic mass is 9.98. The predicted octanol–water partition coefficient (Wildman–Crippen LogP) is 3.10. The molecular formula is C13H19BrN2O. The first-order valence-corrected chi connectivity index (χ1v) is 7.02. The van der Waals surface area contributed by atoms with Gasteiger partial charge in [0.15, 0.2) is 0 Å². The molecule has 1 aliphatic rings. The van der Waals surface area contributed by atoms with Gasteiger partial charge < -0.3 is 9.64 Å². The van der Waals surface area contributed by atoms with Gasteiger partial charge in [-0.15, -0.1) is 0 Å². The van der Waals surface area contributed by atoms with Crippen LogP contribution in [-0.4, -0.2) is 31.3 Å². The SMILES string of the molecule is CCOC[C@H]1CCCN(c2cncc(Br)c2)C1. The van der Waals surface area contributed by atoms with Crippen molar-refractivity contribution in [3.05, 3.63) is 22.9 Å². The van der Waals surface area contributed by atoms with Crippen molar-refractivity contribution in [3.8, 4) is 0 Å². The largest absolute Gasteiger partial charge is 0.381 e. The van der Waals surface area contributed by atoms with E-state index in [2.05, 4.69) is 38.8 Å². The van der Waals surface area contributed by atoms with Crippen molar-refractivity contribution in [2.24, 2.45) is 5.92 Å². The first-order chi connectivity index (χ1) is 8.29. The van der Waals surface area contributed by atoms with Gasteiger partial charge in [0.05, 0.1) is 18.5 Å². The van der Waals surface area contributed by atoms with E-state index in [4.69, 9.17) is 4.74 Å². The summed E-state index contributed by atoms with van der Waals surface area (Å²) in [6, 6.07) is 2.13. The number of halogens is 1. The Hall–Kier alpha value is -0.610. The molecule has 2 rings (SSSR count). The zero-order valence-corrected chi connectivity index (χ0v) is 11.8. The maximum absolute atomic E-state index is 5.53. The number of hydrogen-bond donors (Lipinski definition) is 0. The van der Waals surface area contributed by atoms with Crippen LogP contribution in [0, 0.1) is 5.92 Å². The third-order valence-corrected chi connectivity index (χ3v) is 3.57. The molecule has 0 unspecified atom stereocenters. The van der Waals surface area contributed by atoms with Gasteiger partial charge >= 0.3 is 0 Å². The van der Waals surface area contributed by atoms with E-state index >= 15 is 0 Å². The van der Waals surface area contributed by atoms with Gasteiger partial charge in [0.25, 0.3) is 0 Å². The molecule has 1 aromatic rings. The topological polar surface area (TPSA) is 25.4 Å². The molecule has 0 amide bonds. The fraction of sp³-hybridized carbons (Fsp3) is 0.615. The van der Waals surface area contributed by atoms with Crippen LogP contribution in [0.25, 0.3) is 0 Å². The molecule has 3 nitrogen and oxygen atoms in total. The molecule has 2 heterocycles. The Balaban J connectivity index is 1.97. The van der Waals surface area contributed by atoms with Crippen molar-refractivity contribution >= 4 is 21.6 Å². The number of rotatable bonds is 4. The van der Waals surface area contributed by atoms with Crippen LogP contribution in [0.5, 0.6) is 0 Å². The van der Waals surface area contributed by atoms with Crippen molar-refractivity contribution < 1.29 is 4.74 Å². The highest BCUT2D eigenvalue weighted by atomic mass is 79.9. The molecule has 0 bridgehead atoms. The summed E-state index contributed by atoms with van der Waals surface area (Å²) in [5, 5.41) is 0. The van der Waals surface area contributed by atoms with Crippen LogP contribution in [0.3, 0.4) is 0 Å². The first kappa shape index (κ1) is 12.8. The molecule has 17 heavy (non-hydrogen) atoms. The third kappa shape index (κ3) is 3.68. The Kier molecular flexibility index (Phi) is 4.80. The van der Waals surface area contributed by atoms with Crippen LogP contribution < -0.4 is 4.90 Å². The zero-order valence-electron chi connectivity index (χ0n) is 10.2. The molecule has 94 valence electrons. The normalized spacial score (nSPS) is 20.6. The quantitative estimate of drug-likeness (QED) is 0.854. The minimum absolute atomic E-state index is 0.655. The molecule has 1 atom stereocenters. The number of pyridine rings is 1. The monoisotopic (exact) mass is 298 g/mol. The van der Waals surface area contributed by atoms with Crippen LogP contribution in [-0.2, 0) is 4.74 Å². The molecule has 0 aromatic carbocycles. The smallest absolute Gasteiger partial charge is 0.0564 e. The van der Waals surface area contributed by atoms with Crippen LogP contribution in [0.1, 0.15) is 19.8 Å². The Morgan fingerprint density at radius 3 is 3.18 bits per heavy atom. The molecule has 1 aromatic heterocycles. The van der Waals surface area contributed by atoms with Crippen LogP contribution >= 0.6 is 15.9 Å². The van der Waals surface area contributed by atoms with Crippen molar-refractivity contribution in [3.63, 3.8) is 0 Å². The molecule has 0 spiro atoms.